The molecule has 0 spiro atoms. The summed E-state index contributed by atoms with van der Waals surface area (Å²) in [4.78, 5) is 11.6. The maximum atomic E-state index is 14.2. The highest BCUT2D eigenvalue weighted by molar-refractivity contribution is 5.75. The van der Waals surface area contributed by atoms with Crippen molar-refractivity contribution in [3.8, 4) is 11.5 Å². The molecule has 26 heavy (non-hydrogen) atoms. The third-order valence-electron chi connectivity index (χ3n) is 3.72. The van der Waals surface area contributed by atoms with Crippen LogP contribution in [0.2, 0.25) is 0 Å². The zero-order valence-corrected chi connectivity index (χ0v) is 15.0. The molecule has 0 heterocycles. The van der Waals surface area contributed by atoms with Crippen LogP contribution in [0.3, 0.4) is 0 Å². The second-order valence-electron chi connectivity index (χ2n) is 5.59. The minimum absolute atomic E-state index is 0.0996. The zero-order valence-electron chi connectivity index (χ0n) is 15.0. The number of halogens is 1. The van der Waals surface area contributed by atoms with E-state index in [0.29, 0.717) is 30.3 Å². The number of benzene rings is 2. The van der Waals surface area contributed by atoms with Crippen molar-refractivity contribution in [1.82, 2.24) is 0 Å². The van der Waals surface area contributed by atoms with Crippen LogP contribution >= 0.6 is 0 Å². The number of esters is 1. The van der Waals surface area contributed by atoms with Crippen LogP contribution < -0.4 is 15.2 Å². The van der Waals surface area contributed by atoms with Gasteiger partial charge in [0.25, 0.3) is 0 Å². The van der Waals surface area contributed by atoms with Gasteiger partial charge < -0.3 is 19.9 Å². The predicted octanol–water partition coefficient (Wildman–Crippen LogP) is 3.57. The van der Waals surface area contributed by atoms with E-state index in [1.165, 1.54) is 0 Å². The van der Waals surface area contributed by atoms with Crippen LogP contribution in [0.1, 0.15) is 31.0 Å². The van der Waals surface area contributed by atoms with Crippen LogP contribution in [0.15, 0.2) is 48.5 Å². The van der Waals surface area contributed by atoms with Crippen molar-refractivity contribution in [1.29, 1.82) is 0 Å². The molecule has 1 unspecified atom stereocenters. The normalized spacial score (nSPS) is 12.9. The molecule has 0 radical (unpaired) electrons. The molecule has 0 aliphatic heterocycles. The van der Waals surface area contributed by atoms with E-state index >= 15 is 0 Å². The highest BCUT2D eigenvalue weighted by Crippen LogP contribution is 2.32. The second kappa shape index (κ2) is 9.77. The van der Waals surface area contributed by atoms with Gasteiger partial charge >= 0.3 is 5.97 Å². The Hall–Kier alpha value is -2.60. The van der Waals surface area contributed by atoms with E-state index in [-0.39, 0.29) is 6.61 Å². The van der Waals surface area contributed by atoms with E-state index in [0.717, 1.165) is 5.56 Å². The summed E-state index contributed by atoms with van der Waals surface area (Å²) in [5.41, 5.74) is 7.32. The predicted molar refractivity (Wildman–Crippen MR) is 96.8 cm³/mol. The van der Waals surface area contributed by atoms with Gasteiger partial charge in [0.2, 0.25) is 6.17 Å². The van der Waals surface area contributed by atoms with E-state index in [4.69, 9.17) is 15.2 Å². The van der Waals surface area contributed by atoms with Gasteiger partial charge in [-0.3, -0.25) is 0 Å². The number of alkyl halides is 1. The number of carbonyl (C=O) groups excluding carboxylic acids is 1. The molecule has 2 aromatic carbocycles. The van der Waals surface area contributed by atoms with E-state index in [1.54, 1.807) is 25.1 Å². The molecule has 0 bridgehead atoms. The first-order valence-electron chi connectivity index (χ1n) is 8.56. The van der Waals surface area contributed by atoms with Gasteiger partial charge in [-0.2, -0.15) is 0 Å². The molecule has 0 saturated carbocycles. The summed E-state index contributed by atoms with van der Waals surface area (Å²) in [7, 11) is 0. The molecular formula is C20H24FNO4. The minimum Gasteiger partial charge on any atom is -0.490 e. The summed E-state index contributed by atoms with van der Waals surface area (Å²) in [6, 6.07) is 13.5. The van der Waals surface area contributed by atoms with Crippen molar-refractivity contribution in [3.05, 3.63) is 59.7 Å². The molecule has 0 aliphatic rings. The Balaban J connectivity index is 2.15. The summed E-state index contributed by atoms with van der Waals surface area (Å²) < 4.78 is 30.3. The highest BCUT2D eigenvalue weighted by atomic mass is 19.1. The smallest absolute Gasteiger partial charge is 0.342 e. The largest absolute Gasteiger partial charge is 0.490 e. The average Bonchev–Trinajstić information content (AvgIpc) is 2.67. The van der Waals surface area contributed by atoms with Crippen LogP contribution in [0.4, 0.5) is 4.39 Å². The van der Waals surface area contributed by atoms with Gasteiger partial charge in [0, 0.05) is 0 Å². The lowest BCUT2D eigenvalue weighted by molar-refractivity contribution is -0.149. The number of rotatable bonds is 9. The lowest BCUT2D eigenvalue weighted by atomic mass is 10.0. The molecular weight excluding hydrogens is 337 g/mol. The number of hydrogen-bond donors (Lipinski definition) is 1. The van der Waals surface area contributed by atoms with Crippen molar-refractivity contribution in [2.24, 2.45) is 5.73 Å². The Kier molecular flexibility index (Phi) is 7.41. The minimum atomic E-state index is -1.94. The molecule has 2 atom stereocenters. The fraction of sp³-hybridized carbons (Fsp3) is 0.350. The van der Waals surface area contributed by atoms with Crippen LogP contribution in [0.5, 0.6) is 11.5 Å². The second-order valence-corrected chi connectivity index (χ2v) is 5.59. The third kappa shape index (κ3) is 5.20. The van der Waals surface area contributed by atoms with Crippen LogP contribution in [0.25, 0.3) is 0 Å². The summed E-state index contributed by atoms with van der Waals surface area (Å²) >= 11 is 0. The molecule has 6 heteroatoms. The first-order valence-corrected chi connectivity index (χ1v) is 8.56. The van der Waals surface area contributed by atoms with E-state index in [1.807, 2.05) is 37.3 Å². The first-order chi connectivity index (χ1) is 12.6. The maximum Gasteiger partial charge on any atom is 0.342 e. The number of ether oxygens (including phenoxy) is 3. The first kappa shape index (κ1) is 19.7. The molecule has 0 amide bonds. The van der Waals surface area contributed by atoms with E-state index in [9.17, 15) is 9.18 Å². The monoisotopic (exact) mass is 361 g/mol. The standard InChI is InChI=1S/C20H24FNO4/c1-3-24-17-12-15(19(22)18(21)20(23)25-4-2)10-11-16(17)26-13-14-8-6-5-7-9-14/h5-12,18-19H,3-4,13,22H2,1-2H3/t18?,19-/m0/s1. The van der Waals surface area contributed by atoms with Crippen molar-refractivity contribution < 1.29 is 23.4 Å². The Morgan fingerprint density at radius 1 is 1.04 bits per heavy atom. The SMILES string of the molecule is CCOC(=O)C(F)[C@@H](N)c1ccc(OCc2ccccc2)c(OCC)c1. The molecule has 5 nitrogen and oxygen atoms in total. The lowest BCUT2D eigenvalue weighted by Gasteiger charge is -2.18. The molecule has 0 fully saturated rings. The number of nitrogens with two attached hydrogens (primary N) is 1. The maximum absolute atomic E-state index is 14.2. The van der Waals surface area contributed by atoms with E-state index < -0.39 is 18.2 Å². The third-order valence-corrected chi connectivity index (χ3v) is 3.72. The molecule has 0 aromatic heterocycles. The Labute approximate surface area is 152 Å². The van der Waals surface area contributed by atoms with Gasteiger partial charge in [-0.25, -0.2) is 9.18 Å². The van der Waals surface area contributed by atoms with Crippen molar-refractivity contribution in [2.45, 2.75) is 32.7 Å². The molecule has 0 aliphatic carbocycles. The topological polar surface area (TPSA) is 70.8 Å². The zero-order chi connectivity index (χ0) is 18.9. The van der Waals surface area contributed by atoms with Crippen LogP contribution in [0, 0.1) is 0 Å². The summed E-state index contributed by atoms with van der Waals surface area (Å²) in [6.45, 7) is 4.34. The molecule has 2 N–H and O–H groups in total. The van der Waals surface area contributed by atoms with Gasteiger partial charge in [0.15, 0.2) is 11.5 Å². The number of carbonyl (C=O) groups is 1. The average molecular weight is 361 g/mol. The molecule has 2 aromatic rings. The molecule has 140 valence electrons. The van der Waals surface area contributed by atoms with Gasteiger partial charge in [0.05, 0.1) is 19.3 Å². The summed E-state index contributed by atoms with van der Waals surface area (Å²) in [6.07, 6.45) is -1.94. The summed E-state index contributed by atoms with van der Waals surface area (Å²) in [5.74, 6) is 0.00741. The van der Waals surface area contributed by atoms with Crippen LogP contribution in [-0.2, 0) is 16.1 Å². The van der Waals surface area contributed by atoms with Gasteiger partial charge in [-0.1, -0.05) is 36.4 Å². The fourth-order valence-corrected chi connectivity index (χ4v) is 2.39. The molecule has 2 rings (SSSR count). The van der Waals surface area contributed by atoms with Gasteiger partial charge in [0.1, 0.15) is 6.61 Å². The fourth-order valence-electron chi connectivity index (χ4n) is 2.39. The van der Waals surface area contributed by atoms with E-state index in [2.05, 4.69) is 4.74 Å². The van der Waals surface area contributed by atoms with Crippen molar-refractivity contribution >= 4 is 5.97 Å². The Morgan fingerprint density at radius 2 is 1.77 bits per heavy atom. The van der Waals surface area contributed by atoms with Crippen LogP contribution in [-0.4, -0.2) is 25.4 Å². The van der Waals surface area contributed by atoms with Crippen molar-refractivity contribution in [2.75, 3.05) is 13.2 Å². The van der Waals surface area contributed by atoms with Gasteiger partial charge in [-0.05, 0) is 37.1 Å². The summed E-state index contributed by atoms with van der Waals surface area (Å²) in [5, 5.41) is 0. The quantitative estimate of drug-likeness (QED) is 0.692. The Bertz CT molecular complexity index is 708. The molecule has 0 saturated heterocycles. The number of hydrogen-bond acceptors (Lipinski definition) is 5. The lowest BCUT2D eigenvalue weighted by Crippen LogP contribution is -2.31. The van der Waals surface area contributed by atoms with Gasteiger partial charge in [-0.15, -0.1) is 0 Å². The Morgan fingerprint density at radius 3 is 2.42 bits per heavy atom. The highest BCUT2D eigenvalue weighted by Gasteiger charge is 2.28. The van der Waals surface area contributed by atoms with Crippen molar-refractivity contribution in [3.63, 3.8) is 0 Å².